The molecule has 3 amide bonds. The third kappa shape index (κ3) is 6.74. The minimum atomic E-state index is -0.403. The second-order valence-electron chi connectivity index (χ2n) is 5.96. The standard InChI is InChI=1S/C18H26ClN3O3/c1-4-18(5-2,14-6-8-15(19)9-7-14)12-22-17(25)11-21-16(24)10-20-13(3)23/h6-9H,4-5,10-12H2,1-3H3,(H,20,23)(H,21,24)(H,22,25). The number of rotatable bonds is 9. The third-order valence-electron chi connectivity index (χ3n) is 4.38. The Labute approximate surface area is 153 Å². The molecule has 0 fully saturated rings. The van der Waals surface area contributed by atoms with E-state index in [-0.39, 0.29) is 30.3 Å². The molecule has 7 heteroatoms. The second-order valence-corrected chi connectivity index (χ2v) is 6.39. The Hall–Kier alpha value is -2.08. The minimum Gasteiger partial charge on any atom is -0.354 e. The SMILES string of the molecule is CCC(CC)(CNC(=O)CNC(=O)CNC(C)=O)c1ccc(Cl)cc1. The van der Waals surface area contributed by atoms with Gasteiger partial charge in [0.05, 0.1) is 13.1 Å². The molecule has 0 aromatic heterocycles. The minimum absolute atomic E-state index is 0.122. The van der Waals surface area contributed by atoms with E-state index in [9.17, 15) is 14.4 Å². The van der Waals surface area contributed by atoms with Crippen molar-refractivity contribution < 1.29 is 14.4 Å². The van der Waals surface area contributed by atoms with Gasteiger partial charge in [0.2, 0.25) is 17.7 Å². The van der Waals surface area contributed by atoms with Gasteiger partial charge in [-0.25, -0.2) is 0 Å². The van der Waals surface area contributed by atoms with Gasteiger partial charge in [0.25, 0.3) is 0 Å². The fraction of sp³-hybridized carbons (Fsp3) is 0.500. The van der Waals surface area contributed by atoms with E-state index in [1.54, 1.807) is 0 Å². The van der Waals surface area contributed by atoms with Gasteiger partial charge in [-0.1, -0.05) is 37.6 Å². The predicted octanol–water partition coefficient (Wildman–Crippen LogP) is 1.77. The number of hydrogen-bond acceptors (Lipinski definition) is 3. The summed E-state index contributed by atoms with van der Waals surface area (Å²) in [5, 5.41) is 8.41. The van der Waals surface area contributed by atoms with Crippen molar-refractivity contribution in [2.75, 3.05) is 19.6 Å². The zero-order valence-electron chi connectivity index (χ0n) is 14.9. The molecule has 1 rings (SSSR count). The van der Waals surface area contributed by atoms with Crippen molar-refractivity contribution in [1.29, 1.82) is 0 Å². The zero-order valence-corrected chi connectivity index (χ0v) is 15.7. The monoisotopic (exact) mass is 367 g/mol. The van der Waals surface area contributed by atoms with Gasteiger partial charge in [-0.3, -0.25) is 14.4 Å². The lowest BCUT2D eigenvalue weighted by Crippen LogP contribution is -2.45. The zero-order chi connectivity index (χ0) is 18.9. The van der Waals surface area contributed by atoms with Gasteiger partial charge in [0, 0.05) is 23.9 Å². The van der Waals surface area contributed by atoms with Gasteiger partial charge in [-0.15, -0.1) is 0 Å². The average molecular weight is 368 g/mol. The number of halogens is 1. The van der Waals surface area contributed by atoms with E-state index in [1.807, 2.05) is 24.3 Å². The molecule has 1 aromatic rings. The number of hydrogen-bond donors (Lipinski definition) is 3. The summed E-state index contributed by atoms with van der Waals surface area (Å²) in [5.74, 6) is -0.963. The fourth-order valence-electron chi connectivity index (χ4n) is 2.59. The van der Waals surface area contributed by atoms with E-state index in [2.05, 4.69) is 29.8 Å². The lowest BCUT2D eigenvalue weighted by atomic mass is 9.76. The van der Waals surface area contributed by atoms with Crippen molar-refractivity contribution in [1.82, 2.24) is 16.0 Å². The highest BCUT2D eigenvalue weighted by Gasteiger charge is 2.28. The van der Waals surface area contributed by atoms with Gasteiger partial charge in [-0.05, 0) is 30.5 Å². The molecule has 6 nitrogen and oxygen atoms in total. The summed E-state index contributed by atoms with van der Waals surface area (Å²) < 4.78 is 0. The molecule has 0 saturated carbocycles. The predicted molar refractivity (Wildman–Crippen MR) is 98.4 cm³/mol. The van der Waals surface area contributed by atoms with Crippen LogP contribution >= 0.6 is 11.6 Å². The Morgan fingerprint density at radius 2 is 1.44 bits per heavy atom. The number of amides is 3. The molecule has 138 valence electrons. The number of carbonyl (C=O) groups excluding carboxylic acids is 3. The van der Waals surface area contributed by atoms with E-state index < -0.39 is 5.91 Å². The number of benzene rings is 1. The third-order valence-corrected chi connectivity index (χ3v) is 4.63. The summed E-state index contributed by atoms with van der Waals surface area (Å²) in [7, 11) is 0. The van der Waals surface area contributed by atoms with Crippen LogP contribution in [0, 0.1) is 0 Å². The normalized spacial score (nSPS) is 10.9. The summed E-state index contributed by atoms with van der Waals surface area (Å²) in [5.41, 5.74) is 0.942. The van der Waals surface area contributed by atoms with Crippen molar-refractivity contribution >= 4 is 29.3 Å². The average Bonchev–Trinajstić information content (AvgIpc) is 2.60. The Bertz CT molecular complexity index is 598. The van der Waals surface area contributed by atoms with Crippen molar-refractivity contribution in [2.24, 2.45) is 0 Å². The van der Waals surface area contributed by atoms with Crippen LogP contribution in [0.5, 0.6) is 0 Å². The van der Waals surface area contributed by atoms with Crippen molar-refractivity contribution in [3.63, 3.8) is 0 Å². The van der Waals surface area contributed by atoms with Crippen LogP contribution < -0.4 is 16.0 Å². The molecule has 0 aliphatic rings. The van der Waals surface area contributed by atoms with E-state index in [1.165, 1.54) is 6.92 Å². The molecule has 25 heavy (non-hydrogen) atoms. The Kier molecular flexibility index (Phi) is 8.41. The maximum absolute atomic E-state index is 12.0. The van der Waals surface area contributed by atoms with Crippen molar-refractivity contribution in [2.45, 2.75) is 39.0 Å². The molecule has 0 aliphatic heterocycles. The van der Waals surface area contributed by atoms with Crippen LogP contribution in [0.3, 0.4) is 0 Å². The summed E-state index contributed by atoms with van der Waals surface area (Å²) in [6.07, 6.45) is 1.72. The summed E-state index contributed by atoms with van der Waals surface area (Å²) >= 11 is 5.96. The second kappa shape index (κ2) is 10.0. The molecule has 1 aromatic carbocycles. The van der Waals surface area contributed by atoms with Crippen molar-refractivity contribution in [3.05, 3.63) is 34.9 Å². The summed E-state index contributed by atoms with van der Waals surface area (Å²) in [4.78, 5) is 34.3. The largest absolute Gasteiger partial charge is 0.354 e. The number of carbonyl (C=O) groups is 3. The first-order chi connectivity index (χ1) is 11.8. The van der Waals surface area contributed by atoms with Gasteiger partial charge >= 0.3 is 0 Å². The maximum Gasteiger partial charge on any atom is 0.239 e. The van der Waals surface area contributed by atoms with Crippen LogP contribution in [0.25, 0.3) is 0 Å². The molecule has 0 heterocycles. The number of nitrogens with one attached hydrogen (secondary N) is 3. The lowest BCUT2D eigenvalue weighted by molar-refractivity contribution is -0.127. The fourth-order valence-corrected chi connectivity index (χ4v) is 2.72. The molecule has 0 spiro atoms. The highest BCUT2D eigenvalue weighted by Crippen LogP contribution is 2.31. The first-order valence-corrected chi connectivity index (χ1v) is 8.74. The van der Waals surface area contributed by atoms with Gasteiger partial charge < -0.3 is 16.0 Å². The Morgan fingerprint density at radius 3 is 1.96 bits per heavy atom. The highest BCUT2D eigenvalue weighted by molar-refractivity contribution is 6.30. The van der Waals surface area contributed by atoms with Crippen LogP contribution in [0.1, 0.15) is 39.2 Å². The van der Waals surface area contributed by atoms with Gasteiger partial charge in [0.1, 0.15) is 0 Å². The first kappa shape index (κ1) is 21.0. The lowest BCUT2D eigenvalue weighted by Gasteiger charge is -2.32. The smallest absolute Gasteiger partial charge is 0.239 e. The molecular weight excluding hydrogens is 342 g/mol. The maximum atomic E-state index is 12.0. The van der Waals surface area contributed by atoms with Gasteiger partial charge in [0.15, 0.2) is 0 Å². The molecule has 0 atom stereocenters. The molecule has 0 bridgehead atoms. The van der Waals surface area contributed by atoms with Crippen molar-refractivity contribution in [3.8, 4) is 0 Å². The van der Waals surface area contributed by atoms with Crippen LogP contribution in [-0.4, -0.2) is 37.4 Å². The molecule has 0 saturated heterocycles. The quantitative estimate of drug-likeness (QED) is 0.621. The highest BCUT2D eigenvalue weighted by atomic mass is 35.5. The Balaban J connectivity index is 2.57. The van der Waals surface area contributed by atoms with E-state index in [0.29, 0.717) is 11.6 Å². The van der Waals surface area contributed by atoms with Crippen LogP contribution in [-0.2, 0) is 19.8 Å². The van der Waals surface area contributed by atoms with Crippen LogP contribution in [0.2, 0.25) is 5.02 Å². The molecular formula is C18H26ClN3O3. The van der Waals surface area contributed by atoms with E-state index in [4.69, 9.17) is 11.6 Å². The van der Waals surface area contributed by atoms with E-state index in [0.717, 1.165) is 18.4 Å². The molecule has 0 radical (unpaired) electrons. The van der Waals surface area contributed by atoms with E-state index >= 15 is 0 Å². The summed E-state index contributed by atoms with van der Waals surface area (Å²) in [6.45, 7) is 5.70. The first-order valence-electron chi connectivity index (χ1n) is 8.37. The molecule has 3 N–H and O–H groups in total. The van der Waals surface area contributed by atoms with Crippen LogP contribution in [0.15, 0.2) is 24.3 Å². The topological polar surface area (TPSA) is 87.3 Å². The Morgan fingerprint density at radius 1 is 0.920 bits per heavy atom. The summed E-state index contributed by atoms with van der Waals surface area (Å²) in [6, 6.07) is 7.66. The van der Waals surface area contributed by atoms with Gasteiger partial charge in [-0.2, -0.15) is 0 Å². The molecule has 0 aliphatic carbocycles. The van der Waals surface area contributed by atoms with Crippen LogP contribution in [0.4, 0.5) is 0 Å². The molecule has 0 unspecified atom stereocenters.